The first kappa shape index (κ1) is 12.9. The molecule has 3 N–H and O–H groups in total. The van der Waals surface area contributed by atoms with Crippen molar-refractivity contribution in [3.05, 3.63) is 58.5 Å². The number of carbonyl (C=O) groups excluding carboxylic acids is 1. The van der Waals surface area contributed by atoms with E-state index < -0.39 is 0 Å². The molecule has 5 heteroatoms. The van der Waals surface area contributed by atoms with E-state index in [1.165, 1.54) is 4.57 Å². The van der Waals surface area contributed by atoms with Crippen molar-refractivity contribution in [2.45, 2.75) is 13.5 Å². The molecular weight excluding hydrogens is 242 g/mol. The smallest absolute Gasteiger partial charge is 0.253 e. The van der Waals surface area contributed by atoms with E-state index >= 15 is 0 Å². The largest absolute Gasteiger partial charge is 0.397 e. The average Bonchev–Trinajstić information content (AvgIpc) is 2.38. The summed E-state index contributed by atoms with van der Waals surface area (Å²) >= 11 is 0. The zero-order valence-electron chi connectivity index (χ0n) is 10.6. The van der Waals surface area contributed by atoms with E-state index in [2.05, 4.69) is 5.32 Å². The predicted molar refractivity (Wildman–Crippen MR) is 74.9 cm³/mol. The molecule has 1 aromatic heterocycles. The summed E-state index contributed by atoms with van der Waals surface area (Å²) in [6.45, 7) is 1.68. The molecule has 1 heterocycles. The van der Waals surface area contributed by atoms with Crippen molar-refractivity contribution in [2.75, 3.05) is 11.1 Å². The first-order chi connectivity index (χ1) is 9.08. The first-order valence-electron chi connectivity index (χ1n) is 5.88. The van der Waals surface area contributed by atoms with Crippen LogP contribution in [0.25, 0.3) is 0 Å². The Kier molecular flexibility index (Phi) is 3.66. The summed E-state index contributed by atoms with van der Waals surface area (Å²) in [7, 11) is 0. The highest BCUT2D eigenvalue weighted by molar-refractivity contribution is 5.93. The molecular formula is C14H15N3O2. The average molecular weight is 257 g/mol. The van der Waals surface area contributed by atoms with Crippen LogP contribution in [0.15, 0.2) is 47.4 Å². The number of aromatic nitrogens is 1. The van der Waals surface area contributed by atoms with E-state index in [4.69, 9.17) is 5.73 Å². The van der Waals surface area contributed by atoms with Gasteiger partial charge < -0.3 is 15.6 Å². The number of pyridine rings is 1. The number of nitrogen functional groups attached to an aromatic ring is 1. The molecule has 0 fully saturated rings. The second-order valence-electron chi connectivity index (χ2n) is 4.26. The second kappa shape index (κ2) is 5.39. The van der Waals surface area contributed by atoms with E-state index in [1.54, 1.807) is 49.5 Å². The van der Waals surface area contributed by atoms with Crippen molar-refractivity contribution in [2.24, 2.45) is 0 Å². The Morgan fingerprint density at radius 1 is 1.26 bits per heavy atom. The Labute approximate surface area is 110 Å². The molecule has 1 amide bonds. The van der Waals surface area contributed by atoms with Gasteiger partial charge in [-0.2, -0.15) is 0 Å². The van der Waals surface area contributed by atoms with E-state index in [9.17, 15) is 9.59 Å². The highest BCUT2D eigenvalue weighted by atomic mass is 16.2. The number of rotatable bonds is 3. The van der Waals surface area contributed by atoms with Crippen LogP contribution < -0.4 is 16.6 Å². The van der Waals surface area contributed by atoms with E-state index in [0.29, 0.717) is 16.9 Å². The van der Waals surface area contributed by atoms with Crippen LogP contribution >= 0.6 is 0 Å². The molecule has 0 aliphatic carbocycles. The SMILES string of the molecule is Cc1cccn(CC(=O)Nc2ccccc2N)c1=O. The molecule has 19 heavy (non-hydrogen) atoms. The molecule has 2 rings (SSSR count). The molecule has 5 nitrogen and oxygen atoms in total. The number of benzene rings is 1. The number of nitrogens with one attached hydrogen (secondary N) is 1. The minimum atomic E-state index is -0.286. The Morgan fingerprint density at radius 3 is 2.74 bits per heavy atom. The first-order valence-corrected chi connectivity index (χ1v) is 5.88. The van der Waals surface area contributed by atoms with Crippen molar-refractivity contribution in [1.82, 2.24) is 4.57 Å². The maximum atomic E-state index is 11.9. The quantitative estimate of drug-likeness (QED) is 0.815. The summed E-state index contributed by atoms with van der Waals surface area (Å²) in [4.78, 5) is 23.7. The third kappa shape index (κ3) is 3.01. The molecule has 0 radical (unpaired) electrons. The molecule has 0 saturated heterocycles. The van der Waals surface area contributed by atoms with Gasteiger partial charge in [0, 0.05) is 11.8 Å². The van der Waals surface area contributed by atoms with Crippen molar-refractivity contribution in [1.29, 1.82) is 0 Å². The van der Waals surface area contributed by atoms with Gasteiger partial charge in [-0.25, -0.2) is 0 Å². The summed E-state index contributed by atoms with van der Waals surface area (Å²) in [6.07, 6.45) is 1.59. The summed E-state index contributed by atoms with van der Waals surface area (Å²) < 4.78 is 1.36. The lowest BCUT2D eigenvalue weighted by Crippen LogP contribution is -2.28. The van der Waals surface area contributed by atoms with Crippen LogP contribution in [0.4, 0.5) is 11.4 Å². The van der Waals surface area contributed by atoms with E-state index in [0.717, 1.165) is 0 Å². The highest BCUT2D eigenvalue weighted by Crippen LogP contribution is 2.16. The van der Waals surface area contributed by atoms with Crippen LogP contribution in [0.2, 0.25) is 0 Å². The van der Waals surface area contributed by atoms with Crippen molar-refractivity contribution >= 4 is 17.3 Å². The summed E-state index contributed by atoms with van der Waals surface area (Å²) in [5, 5.41) is 2.68. The molecule has 0 unspecified atom stereocenters. The van der Waals surface area contributed by atoms with Crippen LogP contribution in [-0.2, 0) is 11.3 Å². The van der Waals surface area contributed by atoms with Crippen LogP contribution in [-0.4, -0.2) is 10.5 Å². The van der Waals surface area contributed by atoms with Crippen LogP contribution in [0.3, 0.4) is 0 Å². The molecule has 0 aliphatic rings. The third-order valence-electron chi connectivity index (χ3n) is 2.76. The van der Waals surface area contributed by atoms with Crippen molar-refractivity contribution < 1.29 is 4.79 Å². The minimum absolute atomic E-state index is 0.0329. The van der Waals surface area contributed by atoms with Gasteiger partial charge in [-0.05, 0) is 25.1 Å². The minimum Gasteiger partial charge on any atom is -0.397 e. The lowest BCUT2D eigenvalue weighted by atomic mass is 10.2. The maximum absolute atomic E-state index is 11.9. The summed E-state index contributed by atoms with van der Waals surface area (Å²) in [5.74, 6) is -0.286. The molecule has 98 valence electrons. The number of hydrogen-bond acceptors (Lipinski definition) is 3. The Bertz CT molecular complexity index is 662. The third-order valence-corrected chi connectivity index (χ3v) is 2.76. The molecule has 0 aliphatic heterocycles. The van der Waals surface area contributed by atoms with Gasteiger partial charge in [-0.1, -0.05) is 18.2 Å². The Hall–Kier alpha value is -2.56. The molecule has 2 aromatic rings. The zero-order valence-corrected chi connectivity index (χ0v) is 10.6. The van der Waals surface area contributed by atoms with E-state index in [-0.39, 0.29) is 18.0 Å². The zero-order chi connectivity index (χ0) is 13.8. The fraction of sp³-hybridized carbons (Fsp3) is 0.143. The number of anilines is 2. The number of aryl methyl sites for hydroxylation is 1. The number of hydrogen-bond donors (Lipinski definition) is 2. The van der Waals surface area contributed by atoms with Crippen LogP contribution in [0.5, 0.6) is 0 Å². The van der Waals surface area contributed by atoms with Crippen LogP contribution in [0.1, 0.15) is 5.56 Å². The van der Waals surface area contributed by atoms with Gasteiger partial charge in [-0.15, -0.1) is 0 Å². The molecule has 1 aromatic carbocycles. The van der Waals surface area contributed by atoms with Gasteiger partial charge in [0.25, 0.3) is 5.56 Å². The normalized spacial score (nSPS) is 10.2. The van der Waals surface area contributed by atoms with Crippen molar-refractivity contribution in [3.8, 4) is 0 Å². The van der Waals surface area contributed by atoms with Gasteiger partial charge in [0.1, 0.15) is 6.54 Å². The van der Waals surface area contributed by atoms with Gasteiger partial charge in [0.05, 0.1) is 11.4 Å². The standard InChI is InChI=1S/C14H15N3O2/c1-10-5-4-8-17(14(10)19)9-13(18)16-12-7-3-2-6-11(12)15/h2-8H,9,15H2,1H3,(H,16,18). The number of para-hydroxylation sites is 2. The van der Waals surface area contributed by atoms with Crippen LogP contribution in [0, 0.1) is 6.92 Å². The number of nitrogens with zero attached hydrogens (tertiary/aromatic N) is 1. The topological polar surface area (TPSA) is 77.1 Å². The Balaban J connectivity index is 2.12. The predicted octanol–water partition coefficient (Wildman–Crippen LogP) is 1.38. The lowest BCUT2D eigenvalue weighted by Gasteiger charge is -2.09. The maximum Gasteiger partial charge on any atom is 0.253 e. The number of nitrogens with two attached hydrogens (primary N) is 1. The van der Waals surface area contributed by atoms with Gasteiger partial charge in [0.15, 0.2) is 0 Å². The fourth-order valence-electron chi connectivity index (χ4n) is 1.74. The highest BCUT2D eigenvalue weighted by Gasteiger charge is 2.07. The second-order valence-corrected chi connectivity index (χ2v) is 4.26. The van der Waals surface area contributed by atoms with Gasteiger partial charge in [-0.3, -0.25) is 9.59 Å². The molecule has 0 atom stereocenters. The number of amides is 1. The fourth-order valence-corrected chi connectivity index (χ4v) is 1.74. The molecule has 0 saturated carbocycles. The van der Waals surface area contributed by atoms with Crippen molar-refractivity contribution in [3.63, 3.8) is 0 Å². The van der Waals surface area contributed by atoms with E-state index in [1.807, 2.05) is 0 Å². The molecule has 0 bridgehead atoms. The Morgan fingerprint density at radius 2 is 2.00 bits per heavy atom. The summed E-state index contributed by atoms with van der Waals surface area (Å²) in [5.41, 5.74) is 7.21. The lowest BCUT2D eigenvalue weighted by molar-refractivity contribution is -0.116. The number of carbonyl (C=O) groups is 1. The summed E-state index contributed by atoms with van der Waals surface area (Å²) in [6, 6.07) is 10.4. The van der Waals surface area contributed by atoms with Gasteiger partial charge >= 0.3 is 0 Å². The molecule has 0 spiro atoms. The van der Waals surface area contributed by atoms with Gasteiger partial charge in [0.2, 0.25) is 5.91 Å². The monoisotopic (exact) mass is 257 g/mol.